The van der Waals surface area contributed by atoms with Crippen LogP contribution in [0.15, 0.2) is 18.2 Å². The van der Waals surface area contributed by atoms with Gasteiger partial charge in [0.25, 0.3) is 0 Å². The molecule has 0 aromatic carbocycles. The third-order valence-corrected chi connectivity index (χ3v) is 3.05. The predicted molar refractivity (Wildman–Crippen MR) is 62.8 cm³/mol. The lowest BCUT2D eigenvalue weighted by Crippen LogP contribution is -2.34. The Hall–Kier alpha value is -1.49. The number of nitrogens with zero attached hydrogens (tertiary/aromatic N) is 1. The number of aromatic nitrogens is 1. The SMILES string of the molecule is NC1CCCC(C(=O)Nc2cccc(F)n2)C1. The van der Waals surface area contributed by atoms with Crippen molar-refractivity contribution in [2.24, 2.45) is 11.7 Å². The number of carbonyl (C=O) groups is 1. The van der Waals surface area contributed by atoms with Crippen LogP contribution in [0.2, 0.25) is 0 Å². The Bertz CT molecular complexity index is 410. The first-order valence-electron chi connectivity index (χ1n) is 5.84. The minimum atomic E-state index is -0.594. The summed E-state index contributed by atoms with van der Waals surface area (Å²) in [5.74, 6) is -0.528. The van der Waals surface area contributed by atoms with E-state index in [1.807, 2.05) is 0 Å². The van der Waals surface area contributed by atoms with E-state index in [1.54, 1.807) is 6.07 Å². The van der Waals surface area contributed by atoms with Crippen LogP contribution in [0.4, 0.5) is 10.2 Å². The summed E-state index contributed by atoms with van der Waals surface area (Å²) in [7, 11) is 0. The van der Waals surface area contributed by atoms with Crippen LogP contribution in [0.25, 0.3) is 0 Å². The molecule has 1 aromatic rings. The summed E-state index contributed by atoms with van der Waals surface area (Å²) in [5.41, 5.74) is 5.82. The van der Waals surface area contributed by atoms with Crippen molar-refractivity contribution >= 4 is 11.7 Å². The molecule has 2 unspecified atom stereocenters. The number of nitrogens with one attached hydrogen (secondary N) is 1. The summed E-state index contributed by atoms with van der Waals surface area (Å²) in [6.07, 6.45) is 3.48. The molecule has 0 radical (unpaired) electrons. The monoisotopic (exact) mass is 237 g/mol. The molecule has 1 aliphatic rings. The molecular formula is C12H16FN3O. The second kappa shape index (κ2) is 5.23. The number of anilines is 1. The summed E-state index contributed by atoms with van der Waals surface area (Å²) >= 11 is 0. The van der Waals surface area contributed by atoms with E-state index >= 15 is 0 Å². The van der Waals surface area contributed by atoms with Gasteiger partial charge in [-0.3, -0.25) is 4.79 Å². The van der Waals surface area contributed by atoms with Gasteiger partial charge >= 0.3 is 0 Å². The molecule has 1 saturated carbocycles. The van der Waals surface area contributed by atoms with Crippen LogP contribution in [0.3, 0.4) is 0 Å². The van der Waals surface area contributed by atoms with Gasteiger partial charge in [0, 0.05) is 12.0 Å². The summed E-state index contributed by atoms with van der Waals surface area (Å²) in [5, 5.41) is 2.63. The van der Waals surface area contributed by atoms with Crippen molar-refractivity contribution in [2.75, 3.05) is 5.32 Å². The second-order valence-corrected chi connectivity index (χ2v) is 4.46. The molecule has 2 rings (SSSR count). The molecule has 0 saturated heterocycles. The predicted octanol–water partition coefficient (Wildman–Crippen LogP) is 1.68. The van der Waals surface area contributed by atoms with Gasteiger partial charge in [-0.05, 0) is 31.4 Å². The third kappa shape index (κ3) is 3.23. The first-order valence-corrected chi connectivity index (χ1v) is 5.84. The van der Waals surface area contributed by atoms with E-state index < -0.39 is 5.95 Å². The molecule has 1 aromatic heterocycles. The van der Waals surface area contributed by atoms with Crippen LogP contribution in [0.1, 0.15) is 25.7 Å². The van der Waals surface area contributed by atoms with Crippen LogP contribution in [-0.4, -0.2) is 16.9 Å². The zero-order valence-corrected chi connectivity index (χ0v) is 9.53. The largest absolute Gasteiger partial charge is 0.328 e. The van der Waals surface area contributed by atoms with Gasteiger partial charge < -0.3 is 11.1 Å². The number of hydrogen-bond acceptors (Lipinski definition) is 3. The molecule has 1 fully saturated rings. The van der Waals surface area contributed by atoms with E-state index in [1.165, 1.54) is 12.1 Å². The van der Waals surface area contributed by atoms with Gasteiger partial charge in [-0.2, -0.15) is 4.39 Å². The van der Waals surface area contributed by atoms with Crippen LogP contribution >= 0.6 is 0 Å². The van der Waals surface area contributed by atoms with E-state index in [9.17, 15) is 9.18 Å². The molecule has 0 aliphatic heterocycles. The fourth-order valence-corrected chi connectivity index (χ4v) is 2.17. The van der Waals surface area contributed by atoms with Gasteiger partial charge in [-0.25, -0.2) is 4.98 Å². The number of rotatable bonds is 2. The fraction of sp³-hybridized carbons (Fsp3) is 0.500. The minimum Gasteiger partial charge on any atom is -0.328 e. The smallest absolute Gasteiger partial charge is 0.228 e. The normalized spacial score (nSPS) is 24.4. The summed E-state index contributed by atoms with van der Waals surface area (Å²) in [6, 6.07) is 4.43. The maximum absolute atomic E-state index is 12.8. The highest BCUT2D eigenvalue weighted by Crippen LogP contribution is 2.24. The van der Waals surface area contributed by atoms with Crippen molar-refractivity contribution in [1.82, 2.24) is 4.98 Å². The summed E-state index contributed by atoms with van der Waals surface area (Å²) in [6.45, 7) is 0. The number of amides is 1. The van der Waals surface area contributed by atoms with Gasteiger partial charge in [0.1, 0.15) is 5.82 Å². The van der Waals surface area contributed by atoms with Gasteiger partial charge in [-0.1, -0.05) is 12.5 Å². The molecule has 17 heavy (non-hydrogen) atoms. The fourth-order valence-electron chi connectivity index (χ4n) is 2.17. The maximum atomic E-state index is 12.8. The van der Waals surface area contributed by atoms with Crippen LogP contribution in [0.5, 0.6) is 0 Å². The van der Waals surface area contributed by atoms with Gasteiger partial charge in [0.2, 0.25) is 11.9 Å². The Morgan fingerprint density at radius 3 is 3.00 bits per heavy atom. The topological polar surface area (TPSA) is 68.0 Å². The van der Waals surface area contributed by atoms with Crippen LogP contribution < -0.4 is 11.1 Å². The van der Waals surface area contributed by atoms with Crippen molar-refractivity contribution < 1.29 is 9.18 Å². The standard InChI is InChI=1S/C12H16FN3O/c13-10-5-2-6-11(15-10)16-12(17)8-3-1-4-9(14)7-8/h2,5-6,8-9H,1,3-4,7,14H2,(H,15,16,17). The highest BCUT2D eigenvalue weighted by Gasteiger charge is 2.25. The van der Waals surface area contributed by atoms with Crippen molar-refractivity contribution in [3.63, 3.8) is 0 Å². The van der Waals surface area contributed by atoms with Crippen molar-refractivity contribution in [3.8, 4) is 0 Å². The second-order valence-electron chi connectivity index (χ2n) is 4.46. The van der Waals surface area contributed by atoms with E-state index in [0.717, 1.165) is 19.3 Å². The number of carbonyl (C=O) groups excluding carboxylic acids is 1. The van der Waals surface area contributed by atoms with Gasteiger partial charge in [0.15, 0.2) is 0 Å². The van der Waals surface area contributed by atoms with Crippen molar-refractivity contribution in [1.29, 1.82) is 0 Å². The van der Waals surface area contributed by atoms with Crippen molar-refractivity contribution in [2.45, 2.75) is 31.7 Å². The number of nitrogens with two attached hydrogens (primary N) is 1. The zero-order valence-electron chi connectivity index (χ0n) is 9.53. The highest BCUT2D eigenvalue weighted by molar-refractivity contribution is 5.91. The Morgan fingerprint density at radius 1 is 1.47 bits per heavy atom. The molecule has 3 N–H and O–H groups in total. The lowest BCUT2D eigenvalue weighted by Gasteiger charge is -2.25. The van der Waals surface area contributed by atoms with E-state index in [4.69, 9.17) is 5.73 Å². The molecule has 0 bridgehead atoms. The lowest BCUT2D eigenvalue weighted by molar-refractivity contribution is -0.120. The van der Waals surface area contributed by atoms with Crippen LogP contribution in [-0.2, 0) is 4.79 Å². The van der Waals surface area contributed by atoms with E-state index in [2.05, 4.69) is 10.3 Å². The molecule has 5 heteroatoms. The van der Waals surface area contributed by atoms with E-state index in [-0.39, 0.29) is 23.7 Å². The quantitative estimate of drug-likeness (QED) is 0.769. The average Bonchev–Trinajstić information content (AvgIpc) is 2.29. The lowest BCUT2D eigenvalue weighted by atomic mass is 9.85. The first kappa shape index (κ1) is 12.0. The molecule has 1 heterocycles. The minimum absolute atomic E-state index is 0.0798. The Labute approximate surface area is 99.4 Å². The van der Waals surface area contributed by atoms with Gasteiger partial charge in [-0.15, -0.1) is 0 Å². The van der Waals surface area contributed by atoms with Gasteiger partial charge in [0.05, 0.1) is 0 Å². The summed E-state index contributed by atoms with van der Waals surface area (Å²) in [4.78, 5) is 15.5. The Balaban J connectivity index is 1.96. The summed E-state index contributed by atoms with van der Waals surface area (Å²) < 4.78 is 12.8. The molecule has 1 aliphatic carbocycles. The maximum Gasteiger partial charge on any atom is 0.228 e. The molecular weight excluding hydrogens is 221 g/mol. The molecule has 2 atom stereocenters. The Morgan fingerprint density at radius 2 is 2.29 bits per heavy atom. The zero-order chi connectivity index (χ0) is 12.3. The van der Waals surface area contributed by atoms with Crippen molar-refractivity contribution in [3.05, 3.63) is 24.1 Å². The third-order valence-electron chi connectivity index (χ3n) is 3.05. The molecule has 1 amide bonds. The molecule has 0 spiro atoms. The molecule has 92 valence electrons. The number of halogens is 1. The van der Waals surface area contributed by atoms with E-state index in [0.29, 0.717) is 6.42 Å². The Kier molecular flexibility index (Phi) is 3.68. The first-order chi connectivity index (χ1) is 8.15. The number of pyridine rings is 1. The highest BCUT2D eigenvalue weighted by atomic mass is 19.1. The average molecular weight is 237 g/mol. The van der Waals surface area contributed by atoms with Crippen LogP contribution in [0, 0.1) is 11.9 Å². The number of hydrogen-bond donors (Lipinski definition) is 2. The molecule has 4 nitrogen and oxygen atoms in total.